The number of sulfonamides is 1. The molecule has 0 radical (unpaired) electrons. The molecule has 2 aliphatic rings. The Labute approximate surface area is 192 Å². The normalized spacial score (nSPS) is 18.6. The fraction of sp³-hybridized carbons (Fsp3) is 0.409. The highest BCUT2D eigenvalue weighted by atomic mass is 35.5. The van der Waals surface area contributed by atoms with Crippen LogP contribution in [0.25, 0.3) is 0 Å². The maximum atomic E-state index is 13.2. The summed E-state index contributed by atoms with van der Waals surface area (Å²) >= 11 is 5.90. The maximum Gasteiger partial charge on any atom is 0.260 e. The van der Waals surface area contributed by atoms with Crippen molar-refractivity contribution >= 4 is 27.5 Å². The molecule has 0 bridgehead atoms. The van der Waals surface area contributed by atoms with E-state index < -0.39 is 15.7 Å². The molecule has 0 unspecified atom stereocenters. The van der Waals surface area contributed by atoms with Crippen LogP contribution in [0, 0.1) is 0 Å². The highest BCUT2D eigenvalue weighted by Gasteiger charge is 2.50. The van der Waals surface area contributed by atoms with Gasteiger partial charge in [0.05, 0.1) is 18.6 Å². The molecular weight excluding hydrogens is 456 g/mol. The van der Waals surface area contributed by atoms with E-state index in [0.717, 1.165) is 0 Å². The standard InChI is InChI=1S/C22H25ClN2O6S/c1-29-18-3-2-4-19(15-18)30-16-21(26)24-11-9-22(10-12-24)25(13-14-31-22)32(27,28)20-7-5-17(23)6-8-20/h2-8,15H,9-14,16H2,1H3. The zero-order valence-electron chi connectivity index (χ0n) is 17.7. The van der Waals surface area contributed by atoms with E-state index in [1.807, 2.05) is 0 Å². The molecule has 10 heteroatoms. The van der Waals surface area contributed by atoms with Gasteiger partial charge >= 0.3 is 0 Å². The average molecular weight is 481 g/mol. The molecule has 172 valence electrons. The second-order valence-corrected chi connectivity index (χ2v) is 9.97. The van der Waals surface area contributed by atoms with Gasteiger partial charge in [-0.2, -0.15) is 4.31 Å². The van der Waals surface area contributed by atoms with Crippen LogP contribution in [-0.2, 0) is 19.6 Å². The smallest absolute Gasteiger partial charge is 0.260 e. The Kier molecular flexibility index (Phi) is 6.62. The van der Waals surface area contributed by atoms with Crippen molar-refractivity contribution in [3.05, 3.63) is 53.6 Å². The van der Waals surface area contributed by atoms with Crippen LogP contribution in [0.15, 0.2) is 53.4 Å². The monoisotopic (exact) mass is 480 g/mol. The molecule has 1 amide bonds. The van der Waals surface area contributed by atoms with Gasteiger partial charge in [0, 0.05) is 43.6 Å². The molecule has 32 heavy (non-hydrogen) atoms. The van der Waals surface area contributed by atoms with E-state index in [0.29, 0.717) is 49.1 Å². The summed E-state index contributed by atoms with van der Waals surface area (Å²) in [6.45, 7) is 1.26. The topological polar surface area (TPSA) is 85.4 Å². The molecule has 4 rings (SSSR count). The van der Waals surface area contributed by atoms with Gasteiger partial charge < -0.3 is 19.1 Å². The van der Waals surface area contributed by atoms with Crippen molar-refractivity contribution in [3.63, 3.8) is 0 Å². The van der Waals surface area contributed by atoms with Gasteiger partial charge in [0.1, 0.15) is 17.2 Å². The Balaban J connectivity index is 1.39. The molecule has 0 atom stereocenters. The Bertz CT molecular complexity index is 1070. The first-order valence-corrected chi connectivity index (χ1v) is 12.1. The summed E-state index contributed by atoms with van der Waals surface area (Å²) in [6, 6.07) is 13.2. The molecule has 2 aromatic carbocycles. The lowest BCUT2D eigenvalue weighted by Gasteiger charge is -2.42. The van der Waals surface area contributed by atoms with Crippen LogP contribution in [0.5, 0.6) is 11.5 Å². The van der Waals surface area contributed by atoms with Crippen LogP contribution in [0.1, 0.15) is 12.8 Å². The van der Waals surface area contributed by atoms with Crippen LogP contribution in [0.3, 0.4) is 0 Å². The zero-order valence-corrected chi connectivity index (χ0v) is 19.3. The molecule has 2 aliphatic heterocycles. The van der Waals surface area contributed by atoms with Crippen LogP contribution >= 0.6 is 11.6 Å². The van der Waals surface area contributed by atoms with E-state index in [1.165, 1.54) is 16.4 Å². The van der Waals surface area contributed by atoms with Crippen LogP contribution in [-0.4, -0.2) is 69.2 Å². The summed E-state index contributed by atoms with van der Waals surface area (Å²) in [4.78, 5) is 14.5. The number of likely N-dealkylation sites (tertiary alicyclic amines) is 1. The number of ether oxygens (including phenoxy) is 3. The van der Waals surface area contributed by atoms with Crippen molar-refractivity contribution in [1.82, 2.24) is 9.21 Å². The van der Waals surface area contributed by atoms with Gasteiger partial charge in [-0.15, -0.1) is 0 Å². The van der Waals surface area contributed by atoms with Crippen LogP contribution in [0.4, 0.5) is 0 Å². The number of rotatable bonds is 6. The number of methoxy groups -OCH3 is 1. The molecule has 1 spiro atoms. The van der Waals surface area contributed by atoms with Gasteiger partial charge in [0.25, 0.3) is 5.91 Å². The first-order chi connectivity index (χ1) is 15.3. The van der Waals surface area contributed by atoms with Gasteiger partial charge in [-0.05, 0) is 36.4 Å². The molecule has 0 aromatic heterocycles. The largest absolute Gasteiger partial charge is 0.497 e. The van der Waals surface area contributed by atoms with E-state index in [1.54, 1.807) is 48.4 Å². The lowest BCUT2D eigenvalue weighted by molar-refractivity contribution is -0.142. The Hall–Kier alpha value is -2.33. The van der Waals surface area contributed by atoms with Gasteiger partial charge in [0.15, 0.2) is 6.61 Å². The summed E-state index contributed by atoms with van der Waals surface area (Å²) in [7, 11) is -2.18. The van der Waals surface area contributed by atoms with Crippen molar-refractivity contribution in [1.29, 1.82) is 0 Å². The molecule has 0 saturated carbocycles. The van der Waals surface area contributed by atoms with E-state index in [4.69, 9.17) is 25.8 Å². The number of hydrogen-bond donors (Lipinski definition) is 0. The third-order valence-corrected chi connectivity index (χ3v) is 8.04. The number of piperidine rings is 1. The molecule has 2 heterocycles. The Morgan fingerprint density at radius 1 is 1.09 bits per heavy atom. The minimum absolute atomic E-state index is 0.103. The molecule has 2 aromatic rings. The second-order valence-electron chi connectivity index (χ2n) is 7.67. The van der Waals surface area contributed by atoms with Gasteiger partial charge in [-0.1, -0.05) is 17.7 Å². The van der Waals surface area contributed by atoms with Gasteiger partial charge in [-0.25, -0.2) is 8.42 Å². The fourth-order valence-electron chi connectivity index (χ4n) is 4.09. The number of carbonyl (C=O) groups is 1. The summed E-state index contributed by atoms with van der Waals surface area (Å²) in [5.41, 5.74) is -0.942. The fourth-order valence-corrected chi connectivity index (χ4v) is 5.94. The van der Waals surface area contributed by atoms with Crippen molar-refractivity contribution in [3.8, 4) is 11.5 Å². The highest BCUT2D eigenvalue weighted by Crippen LogP contribution is 2.38. The SMILES string of the molecule is COc1cccc(OCC(=O)N2CCC3(CC2)OCCN3S(=O)(=O)c2ccc(Cl)cc2)c1. The average Bonchev–Trinajstić information content (AvgIpc) is 3.22. The van der Waals surface area contributed by atoms with Crippen LogP contribution < -0.4 is 9.47 Å². The summed E-state index contributed by atoms with van der Waals surface area (Å²) < 4.78 is 44.6. The second kappa shape index (κ2) is 9.27. The van der Waals surface area contributed by atoms with E-state index >= 15 is 0 Å². The lowest BCUT2D eigenvalue weighted by Crippen LogP contribution is -2.56. The maximum absolute atomic E-state index is 13.2. The highest BCUT2D eigenvalue weighted by molar-refractivity contribution is 7.89. The van der Waals surface area contributed by atoms with Crippen LogP contribution in [0.2, 0.25) is 5.02 Å². The zero-order chi connectivity index (χ0) is 22.8. The van der Waals surface area contributed by atoms with Gasteiger partial charge in [0.2, 0.25) is 10.0 Å². The van der Waals surface area contributed by atoms with Crippen molar-refractivity contribution in [2.75, 3.05) is 40.0 Å². The minimum Gasteiger partial charge on any atom is -0.497 e. The molecular formula is C22H25ClN2O6S. The quantitative estimate of drug-likeness (QED) is 0.632. The van der Waals surface area contributed by atoms with Gasteiger partial charge in [-0.3, -0.25) is 4.79 Å². The van der Waals surface area contributed by atoms with E-state index in [2.05, 4.69) is 0 Å². The first-order valence-electron chi connectivity index (χ1n) is 10.3. The lowest BCUT2D eigenvalue weighted by atomic mass is 10.0. The molecule has 8 nitrogen and oxygen atoms in total. The minimum atomic E-state index is -3.74. The van der Waals surface area contributed by atoms with E-state index in [-0.39, 0.29) is 24.0 Å². The Morgan fingerprint density at radius 3 is 2.47 bits per heavy atom. The Morgan fingerprint density at radius 2 is 1.78 bits per heavy atom. The number of carbonyl (C=O) groups excluding carboxylic acids is 1. The predicted octanol–water partition coefficient (Wildman–Crippen LogP) is 2.77. The van der Waals surface area contributed by atoms with Crippen molar-refractivity contribution in [2.24, 2.45) is 0 Å². The molecule has 0 aliphatic carbocycles. The third kappa shape index (κ3) is 4.56. The first kappa shape index (κ1) is 22.8. The molecule has 2 saturated heterocycles. The molecule has 2 fully saturated rings. The number of nitrogens with zero attached hydrogens (tertiary/aromatic N) is 2. The van der Waals surface area contributed by atoms with Crippen molar-refractivity contribution < 1.29 is 27.4 Å². The summed E-state index contributed by atoms with van der Waals surface area (Å²) in [5.74, 6) is 1.04. The third-order valence-electron chi connectivity index (χ3n) is 5.82. The summed E-state index contributed by atoms with van der Waals surface area (Å²) in [6.07, 6.45) is 0.787. The number of benzene rings is 2. The predicted molar refractivity (Wildman–Crippen MR) is 118 cm³/mol. The number of hydrogen-bond acceptors (Lipinski definition) is 6. The van der Waals surface area contributed by atoms with Crippen molar-refractivity contribution in [2.45, 2.75) is 23.5 Å². The number of halogens is 1. The van der Waals surface area contributed by atoms with E-state index in [9.17, 15) is 13.2 Å². The number of amides is 1. The summed E-state index contributed by atoms with van der Waals surface area (Å²) in [5, 5.41) is 0.472. The molecule has 0 N–H and O–H groups in total.